The summed E-state index contributed by atoms with van der Waals surface area (Å²) in [5.41, 5.74) is 2.47. The molecule has 0 saturated carbocycles. The van der Waals surface area contributed by atoms with Gasteiger partial charge in [0, 0.05) is 23.0 Å². The second kappa shape index (κ2) is 11.5. The van der Waals surface area contributed by atoms with E-state index in [4.69, 9.17) is 14.2 Å². The molecule has 1 amide bonds. The van der Waals surface area contributed by atoms with E-state index in [0.717, 1.165) is 17.5 Å². The Balaban J connectivity index is 1.47. The van der Waals surface area contributed by atoms with Gasteiger partial charge in [-0.3, -0.25) is 14.4 Å². The van der Waals surface area contributed by atoms with Gasteiger partial charge in [0.15, 0.2) is 23.1 Å². The number of hydrogen-bond donors (Lipinski definition) is 1. The molecule has 0 radical (unpaired) electrons. The van der Waals surface area contributed by atoms with Crippen LogP contribution in [0.4, 0.5) is 5.69 Å². The number of anilines is 1. The van der Waals surface area contributed by atoms with Crippen molar-refractivity contribution in [3.8, 4) is 17.2 Å². The third kappa shape index (κ3) is 4.31. The average Bonchev–Trinajstić information content (AvgIpc) is 3.58. The topological polar surface area (TPSA) is 94.2 Å². The fraction of sp³-hybridized carbons (Fsp3) is 0.237. The molecular formula is C38H34N2O6. The van der Waals surface area contributed by atoms with E-state index in [-0.39, 0.29) is 17.5 Å². The molecule has 3 aliphatic heterocycles. The van der Waals surface area contributed by atoms with Crippen LogP contribution in [0.15, 0.2) is 97.2 Å². The van der Waals surface area contributed by atoms with Crippen molar-refractivity contribution < 1.29 is 28.6 Å². The fourth-order valence-corrected chi connectivity index (χ4v) is 7.44. The summed E-state index contributed by atoms with van der Waals surface area (Å²) in [4.78, 5) is 46.5. The van der Waals surface area contributed by atoms with Crippen LogP contribution in [0.2, 0.25) is 0 Å². The van der Waals surface area contributed by atoms with Crippen LogP contribution in [0.5, 0.6) is 17.2 Å². The molecule has 8 nitrogen and oxygen atoms in total. The lowest BCUT2D eigenvalue weighted by Gasteiger charge is -2.38. The molecule has 1 N–H and O–H groups in total. The maximum absolute atomic E-state index is 15.0. The molecule has 4 atom stereocenters. The maximum Gasteiger partial charge on any atom is 0.238 e. The number of amides is 1. The van der Waals surface area contributed by atoms with E-state index in [2.05, 4.69) is 5.32 Å². The first kappa shape index (κ1) is 29.3. The summed E-state index contributed by atoms with van der Waals surface area (Å²) in [6.07, 6.45) is 4.66. The number of para-hydroxylation sites is 1. The third-order valence-electron chi connectivity index (χ3n) is 9.40. The molecule has 4 aromatic rings. The highest BCUT2D eigenvalue weighted by Crippen LogP contribution is 2.62. The Morgan fingerprint density at radius 1 is 0.848 bits per heavy atom. The molecule has 8 heteroatoms. The Labute approximate surface area is 267 Å². The van der Waals surface area contributed by atoms with Crippen molar-refractivity contribution >= 4 is 29.2 Å². The van der Waals surface area contributed by atoms with Crippen LogP contribution < -0.4 is 19.5 Å². The van der Waals surface area contributed by atoms with Crippen molar-refractivity contribution in [3.63, 3.8) is 0 Å². The zero-order valence-electron chi connectivity index (χ0n) is 25.9. The van der Waals surface area contributed by atoms with Gasteiger partial charge in [-0.15, -0.1) is 0 Å². The Morgan fingerprint density at radius 2 is 1.57 bits per heavy atom. The summed E-state index contributed by atoms with van der Waals surface area (Å²) in [5.74, 6) is -0.466. The highest BCUT2D eigenvalue weighted by Gasteiger charge is 2.70. The van der Waals surface area contributed by atoms with E-state index in [0.29, 0.717) is 46.2 Å². The monoisotopic (exact) mass is 614 g/mol. The van der Waals surface area contributed by atoms with Crippen LogP contribution in [-0.4, -0.2) is 49.2 Å². The van der Waals surface area contributed by atoms with Crippen LogP contribution in [0.25, 0.3) is 6.08 Å². The lowest BCUT2D eigenvalue weighted by Crippen LogP contribution is -2.49. The van der Waals surface area contributed by atoms with Crippen molar-refractivity contribution in [2.75, 3.05) is 26.1 Å². The normalized spacial score (nSPS) is 22.1. The van der Waals surface area contributed by atoms with E-state index < -0.39 is 23.4 Å². The zero-order chi connectivity index (χ0) is 32.0. The van der Waals surface area contributed by atoms with E-state index >= 15 is 4.79 Å². The predicted octanol–water partition coefficient (Wildman–Crippen LogP) is 6.47. The minimum absolute atomic E-state index is 0.298. The molecule has 3 heterocycles. The summed E-state index contributed by atoms with van der Waals surface area (Å²) in [7, 11) is 3.04. The van der Waals surface area contributed by atoms with E-state index in [1.165, 1.54) is 14.2 Å². The number of Topliss-reactive ketones (excluding diaryl/α,β-unsaturated/α-hetero) is 2. The van der Waals surface area contributed by atoms with Gasteiger partial charge in [-0.2, -0.15) is 0 Å². The molecule has 0 bridgehead atoms. The number of ketones is 2. The van der Waals surface area contributed by atoms with Crippen LogP contribution in [0.1, 0.15) is 56.8 Å². The van der Waals surface area contributed by atoms with Gasteiger partial charge in [0.05, 0.1) is 32.8 Å². The Morgan fingerprint density at radius 3 is 2.33 bits per heavy atom. The van der Waals surface area contributed by atoms with Gasteiger partial charge in [0.1, 0.15) is 17.2 Å². The summed E-state index contributed by atoms with van der Waals surface area (Å²) < 4.78 is 16.7. The van der Waals surface area contributed by atoms with Gasteiger partial charge in [0.25, 0.3) is 0 Å². The van der Waals surface area contributed by atoms with Gasteiger partial charge >= 0.3 is 0 Å². The zero-order valence-corrected chi connectivity index (χ0v) is 25.9. The molecule has 4 aromatic carbocycles. The second-order valence-corrected chi connectivity index (χ2v) is 11.8. The SMILES string of the molecule is CCCOc1ccc(C(=O)[C@@H]2[C@@H](C(=O)c3ccc(OC)c(OC)c3)N3C=Cc4ccccc4[C@@H]3[C@]23C(=O)Nc2ccccc23)cc1. The molecule has 1 saturated heterocycles. The summed E-state index contributed by atoms with van der Waals surface area (Å²) in [6, 6.07) is 25.6. The van der Waals surface area contributed by atoms with Crippen molar-refractivity contribution in [3.05, 3.63) is 125 Å². The first-order chi connectivity index (χ1) is 22.4. The summed E-state index contributed by atoms with van der Waals surface area (Å²) in [6.45, 7) is 2.58. The number of ether oxygens (including phenoxy) is 3. The van der Waals surface area contributed by atoms with Gasteiger partial charge in [-0.1, -0.05) is 49.4 Å². The minimum atomic E-state index is -1.41. The molecule has 232 valence electrons. The molecule has 46 heavy (non-hydrogen) atoms. The maximum atomic E-state index is 15.0. The van der Waals surface area contributed by atoms with Gasteiger partial charge in [-0.05, 0) is 77.7 Å². The lowest BCUT2D eigenvalue weighted by atomic mass is 9.62. The number of carbonyl (C=O) groups is 3. The van der Waals surface area contributed by atoms with E-state index in [1.807, 2.05) is 72.6 Å². The highest BCUT2D eigenvalue weighted by molar-refractivity contribution is 6.16. The number of methoxy groups -OCH3 is 2. The van der Waals surface area contributed by atoms with Crippen LogP contribution >= 0.6 is 0 Å². The predicted molar refractivity (Wildman–Crippen MR) is 175 cm³/mol. The standard InChI is InChI=1S/C38H34N2O6/c1-4-21-46-26-16-13-24(14-17-26)34(41)32-33(35(42)25-15-18-30(44-2)31(22-25)45-3)40-20-19-23-9-5-6-10-27(23)36(40)38(32)28-11-7-8-12-29(28)39-37(38)43/h5-20,22,32-33,36H,4,21H2,1-3H3,(H,39,43)/t32-,33-,36+,38+/m0/s1. The minimum Gasteiger partial charge on any atom is -0.494 e. The van der Waals surface area contributed by atoms with Crippen molar-refractivity contribution in [1.29, 1.82) is 0 Å². The van der Waals surface area contributed by atoms with E-state index in [1.54, 1.807) is 42.5 Å². The van der Waals surface area contributed by atoms with Crippen molar-refractivity contribution in [1.82, 2.24) is 4.90 Å². The molecule has 0 unspecified atom stereocenters. The Bertz CT molecular complexity index is 1880. The third-order valence-corrected chi connectivity index (χ3v) is 9.40. The van der Waals surface area contributed by atoms with Crippen molar-refractivity contribution in [2.45, 2.75) is 30.8 Å². The van der Waals surface area contributed by atoms with Gasteiger partial charge in [0.2, 0.25) is 5.91 Å². The largest absolute Gasteiger partial charge is 0.494 e. The van der Waals surface area contributed by atoms with Crippen LogP contribution in [0.3, 0.4) is 0 Å². The summed E-state index contributed by atoms with van der Waals surface area (Å²) >= 11 is 0. The molecule has 7 rings (SSSR count). The fourth-order valence-electron chi connectivity index (χ4n) is 7.44. The molecule has 1 spiro atoms. The smallest absolute Gasteiger partial charge is 0.238 e. The molecule has 1 fully saturated rings. The molecular weight excluding hydrogens is 580 g/mol. The number of rotatable bonds is 9. The number of nitrogens with zero attached hydrogens (tertiary/aromatic N) is 1. The number of hydrogen-bond acceptors (Lipinski definition) is 7. The highest BCUT2D eigenvalue weighted by atomic mass is 16.5. The quantitative estimate of drug-likeness (QED) is 0.216. The molecule has 0 aromatic heterocycles. The van der Waals surface area contributed by atoms with Gasteiger partial charge < -0.3 is 24.4 Å². The lowest BCUT2D eigenvalue weighted by molar-refractivity contribution is -0.122. The Kier molecular flexibility index (Phi) is 7.35. The number of benzene rings is 4. The molecule has 0 aliphatic carbocycles. The van der Waals surface area contributed by atoms with Crippen LogP contribution in [-0.2, 0) is 10.2 Å². The van der Waals surface area contributed by atoms with Crippen molar-refractivity contribution in [2.24, 2.45) is 5.92 Å². The van der Waals surface area contributed by atoms with Crippen LogP contribution in [0, 0.1) is 5.92 Å². The first-order valence-corrected chi connectivity index (χ1v) is 15.4. The first-order valence-electron chi connectivity index (χ1n) is 15.4. The van der Waals surface area contributed by atoms with E-state index in [9.17, 15) is 9.59 Å². The Hall–Kier alpha value is -5.37. The average molecular weight is 615 g/mol. The number of fused-ring (bicyclic) bond motifs is 6. The number of carbonyl (C=O) groups excluding carboxylic acids is 3. The second-order valence-electron chi connectivity index (χ2n) is 11.8. The summed E-state index contributed by atoms with van der Waals surface area (Å²) in [5, 5.41) is 3.09. The van der Waals surface area contributed by atoms with Gasteiger partial charge in [-0.25, -0.2) is 0 Å². The molecule has 3 aliphatic rings. The number of nitrogens with one attached hydrogen (secondary N) is 1.